The first kappa shape index (κ1) is 16.4. The number of nitrogens with zero attached hydrogens (tertiary/aromatic N) is 3. The third-order valence-corrected chi connectivity index (χ3v) is 5.47. The van der Waals surface area contributed by atoms with Crippen molar-refractivity contribution in [2.24, 2.45) is 0 Å². The van der Waals surface area contributed by atoms with Gasteiger partial charge in [0.25, 0.3) is 0 Å². The summed E-state index contributed by atoms with van der Waals surface area (Å²) < 4.78 is 5.40. The molecule has 5 nitrogen and oxygen atoms in total. The lowest BCUT2D eigenvalue weighted by Gasteiger charge is -1.94. The van der Waals surface area contributed by atoms with E-state index in [4.69, 9.17) is 16.1 Å². The molecule has 0 atom stereocenters. The average Bonchev–Trinajstić information content (AvgIpc) is 3.36. The van der Waals surface area contributed by atoms with Crippen LogP contribution in [-0.2, 0) is 12.2 Å². The molecule has 0 unspecified atom stereocenters. The Labute approximate surface area is 157 Å². The van der Waals surface area contributed by atoms with E-state index in [1.807, 2.05) is 36.4 Å². The lowest BCUT2D eigenvalue weighted by atomic mass is 10.1. The number of thioether (sulfide) groups is 1. The molecule has 1 aromatic carbocycles. The van der Waals surface area contributed by atoms with E-state index in [1.165, 1.54) is 16.6 Å². The summed E-state index contributed by atoms with van der Waals surface area (Å²) >= 11 is 9.13. The summed E-state index contributed by atoms with van der Waals surface area (Å²) in [6.45, 7) is 0. The minimum atomic E-state index is 0.622. The van der Waals surface area contributed by atoms with Crippen LogP contribution in [0, 0.1) is 0 Å². The number of thiophene rings is 1. The molecular weight excluding hydrogens is 376 g/mol. The third kappa shape index (κ3) is 4.12. The van der Waals surface area contributed by atoms with Crippen molar-refractivity contribution in [1.82, 2.24) is 20.3 Å². The number of halogens is 1. The Morgan fingerprint density at radius 2 is 2.08 bits per heavy atom. The van der Waals surface area contributed by atoms with E-state index < -0.39 is 0 Å². The monoisotopic (exact) mass is 388 g/mol. The maximum atomic E-state index is 5.91. The molecule has 0 aliphatic heterocycles. The summed E-state index contributed by atoms with van der Waals surface area (Å²) in [5, 5.41) is 14.8. The first-order valence-corrected chi connectivity index (χ1v) is 9.78. The molecule has 0 saturated carbocycles. The fraction of sp³-hybridized carbons (Fsp3) is 0.118. The molecule has 8 heteroatoms. The Bertz CT molecular complexity index is 947. The molecular formula is C17H13ClN4OS2. The van der Waals surface area contributed by atoms with Gasteiger partial charge in [-0.15, -0.1) is 16.4 Å². The van der Waals surface area contributed by atoms with Gasteiger partial charge < -0.3 is 4.52 Å². The van der Waals surface area contributed by atoms with Crippen LogP contribution in [0.4, 0.5) is 0 Å². The Kier molecular flexibility index (Phi) is 4.87. The van der Waals surface area contributed by atoms with Crippen LogP contribution in [0.1, 0.15) is 16.5 Å². The van der Waals surface area contributed by atoms with Crippen LogP contribution in [0.2, 0.25) is 5.02 Å². The number of H-pyrrole nitrogens is 1. The number of aromatic nitrogens is 4. The molecule has 3 heterocycles. The van der Waals surface area contributed by atoms with Gasteiger partial charge in [-0.25, -0.2) is 4.98 Å². The van der Waals surface area contributed by atoms with Crippen LogP contribution in [-0.4, -0.2) is 20.3 Å². The van der Waals surface area contributed by atoms with Crippen LogP contribution in [0.15, 0.2) is 57.5 Å². The van der Waals surface area contributed by atoms with Crippen molar-refractivity contribution < 1.29 is 4.52 Å². The van der Waals surface area contributed by atoms with Crippen LogP contribution in [0.25, 0.3) is 11.3 Å². The number of aromatic amines is 1. The first-order chi connectivity index (χ1) is 12.3. The van der Waals surface area contributed by atoms with Crippen molar-refractivity contribution >= 4 is 34.7 Å². The summed E-state index contributed by atoms with van der Waals surface area (Å²) in [6.07, 6.45) is 0.772. The van der Waals surface area contributed by atoms with Crippen LogP contribution in [0.5, 0.6) is 0 Å². The van der Waals surface area contributed by atoms with E-state index in [0.29, 0.717) is 15.9 Å². The Hall–Kier alpha value is -2.09. The molecule has 25 heavy (non-hydrogen) atoms. The second kappa shape index (κ2) is 7.43. The quantitative estimate of drug-likeness (QED) is 0.468. The molecule has 0 aliphatic carbocycles. The number of hydrogen-bond acceptors (Lipinski definition) is 6. The largest absolute Gasteiger partial charge is 0.360 e. The second-order valence-corrected chi connectivity index (χ2v) is 7.71. The molecule has 0 spiro atoms. The van der Waals surface area contributed by atoms with Crippen LogP contribution < -0.4 is 0 Å². The zero-order chi connectivity index (χ0) is 17.1. The zero-order valence-corrected chi connectivity index (χ0v) is 15.4. The maximum Gasteiger partial charge on any atom is 0.208 e. The highest BCUT2D eigenvalue weighted by Gasteiger charge is 2.10. The van der Waals surface area contributed by atoms with E-state index in [1.54, 1.807) is 11.3 Å². The Morgan fingerprint density at radius 3 is 2.88 bits per heavy atom. The highest BCUT2D eigenvalue weighted by atomic mass is 35.5. The van der Waals surface area contributed by atoms with Gasteiger partial charge >= 0.3 is 0 Å². The van der Waals surface area contributed by atoms with E-state index in [9.17, 15) is 0 Å². The van der Waals surface area contributed by atoms with E-state index in [2.05, 4.69) is 31.8 Å². The first-order valence-electron chi connectivity index (χ1n) is 7.54. The number of benzene rings is 1. The normalized spacial score (nSPS) is 11.1. The lowest BCUT2D eigenvalue weighted by molar-refractivity contribution is 0.397. The Morgan fingerprint density at radius 1 is 1.20 bits per heavy atom. The molecule has 0 saturated heterocycles. The fourth-order valence-corrected chi connectivity index (χ4v) is 3.80. The minimum Gasteiger partial charge on any atom is -0.360 e. The van der Waals surface area contributed by atoms with Crippen LogP contribution >= 0.6 is 34.7 Å². The summed E-state index contributed by atoms with van der Waals surface area (Å²) in [6, 6.07) is 13.6. The molecule has 4 rings (SSSR count). The van der Waals surface area contributed by atoms with E-state index in [-0.39, 0.29) is 0 Å². The summed E-state index contributed by atoms with van der Waals surface area (Å²) in [5.74, 6) is 2.26. The van der Waals surface area contributed by atoms with Crippen molar-refractivity contribution in [2.75, 3.05) is 0 Å². The molecule has 0 fully saturated rings. The fourth-order valence-electron chi connectivity index (χ4n) is 2.27. The van der Waals surface area contributed by atoms with Gasteiger partial charge in [0.1, 0.15) is 17.3 Å². The SMILES string of the molecule is Clc1ccc(-c2cc(CSc3n[nH]c(Cc4cccs4)n3)on2)cc1. The van der Waals surface area contributed by atoms with Crippen molar-refractivity contribution in [3.8, 4) is 11.3 Å². The molecule has 0 aliphatic rings. The third-order valence-electron chi connectivity index (χ3n) is 3.48. The van der Waals surface area contributed by atoms with E-state index >= 15 is 0 Å². The zero-order valence-electron chi connectivity index (χ0n) is 13.0. The highest BCUT2D eigenvalue weighted by Crippen LogP contribution is 2.25. The summed E-state index contributed by atoms with van der Waals surface area (Å²) in [5.41, 5.74) is 1.76. The minimum absolute atomic E-state index is 0.622. The molecule has 3 aromatic heterocycles. The lowest BCUT2D eigenvalue weighted by Crippen LogP contribution is -1.87. The van der Waals surface area contributed by atoms with Gasteiger partial charge in [-0.1, -0.05) is 46.7 Å². The van der Waals surface area contributed by atoms with Crippen molar-refractivity contribution in [2.45, 2.75) is 17.3 Å². The standard InChI is InChI=1S/C17H13ClN4OS2/c18-12-5-3-11(4-6-12)15-8-13(23-22-15)10-25-17-19-16(20-21-17)9-14-2-1-7-24-14/h1-8H,9-10H2,(H,19,20,21). The van der Waals surface area contributed by atoms with Crippen molar-refractivity contribution in [3.05, 3.63) is 69.3 Å². The molecule has 126 valence electrons. The van der Waals surface area contributed by atoms with Gasteiger partial charge in [0.2, 0.25) is 5.16 Å². The van der Waals surface area contributed by atoms with Gasteiger partial charge in [-0.05, 0) is 23.6 Å². The van der Waals surface area contributed by atoms with Crippen molar-refractivity contribution in [1.29, 1.82) is 0 Å². The number of nitrogens with one attached hydrogen (secondary N) is 1. The smallest absolute Gasteiger partial charge is 0.208 e. The summed E-state index contributed by atoms with van der Waals surface area (Å²) in [4.78, 5) is 5.76. The van der Waals surface area contributed by atoms with Gasteiger partial charge in [0, 0.05) is 28.0 Å². The summed E-state index contributed by atoms with van der Waals surface area (Å²) in [7, 11) is 0. The van der Waals surface area contributed by atoms with Gasteiger partial charge in [-0.2, -0.15) is 0 Å². The van der Waals surface area contributed by atoms with Gasteiger partial charge in [0.15, 0.2) is 0 Å². The van der Waals surface area contributed by atoms with Gasteiger partial charge in [-0.3, -0.25) is 5.10 Å². The maximum absolute atomic E-state index is 5.91. The molecule has 4 aromatic rings. The van der Waals surface area contributed by atoms with E-state index in [0.717, 1.165) is 29.3 Å². The van der Waals surface area contributed by atoms with Crippen LogP contribution in [0.3, 0.4) is 0 Å². The topological polar surface area (TPSA) is 67.6 Å². The highest BCUT2D eigenvalue weighted by molar-refractivity contribution is 7.98. The number of hydrogen-bond donors (Lipinski definition) is 1. The second-order valence-electron chi connectivity index (χ2n) is 5.29. The average molecular weight is 389 g/mol. The molecule has 0 bridgehead atoms. The number of rotatable bonds is 6. The Balaban J connectivity index is 1.37. The van der Waals surface area contributed by atoms with Gasteiger partial charge in [0.05, 0.1) is 5.75 Å². The predicted octanol–water partition coefficient (Wildman–Crippen LogP) is 5.06. The molecule has 0 radical (unpaired) electrons. The predicted molar refractivity (Wildman–Crippen MR) is 100 cm³/mol. The molecule has 0 amide bonds. The molecule has 1 N–H and O–H groups in total. The van der Waals surface area contributed by atoms with Crippen molar-refractivity contribution in [3.63, 3.8) is 0 Å².